The summed E-state index contributed by atoms with van der Waals surface area (Å²) < 4.78 is 10.3. The molecule has 0 aliphatic rings. The topological polar surface area (TPSA) is 81.9 Å². The van der Waals surface area contributed by atoms with E-state index in [-0.39, 0.29) is 23.8 Å². The van der Waals surface area contributed by atoms with Gasteiger partial charge in [0.25, 0.3) is 5.91 Å². The Morgan fingerprint density at radius 1 is 1.20 bits per heavy atom. The van der Waals surface area contributed by atoms with Gasteiger partial charge in [-0.15, -0.1) is 0 Å². The smallest absolute Gasteiger partial charge is 0.338 e. The second kappa shape index (κ2) is 8.39. The van der Waals surface area contributed by atoms with Crippen molar-refractivity contribution in [2.24, 2.45) is 0 Å². The van der Waals surface area contributed by atoms with Crippen LogP contribution >= 0.6 is 11.6 Å². The molecule has 0 atom stereocenters. The molecule has 0 bridgehead atoms. The van der Waals surface area contributed by atoms with Crippen molar-refractivity contribution in [3.63, 3.8) is 0 Å². The third kappa shape index (κ3) is 4.87. The van der Waals surface area contributed by atoms with Crippen LogP contribution in [0.2, 0.25) is 5.02 Å². The first-order chi connectivity index (χ1) is 11.9. The summed E-state index contributed by atoms with van der Waals surface area (Å²) in [5, 5.41) is 0.351. The molecule has 0 unspecified atom stereocenters. The minimum absolute atomic E-state index is 0.238. The number of nitrogens with zero attached hydrogens (tertiary/aromatic N) is 1. The van der Waals surface area contributed by atoms with Gasteiger partial charge in [0.1, 0.15) is 5.75 Å². The van der Waals surface area contributed by atoms with E-state index in [1.54, 1.807) is 14.2 Å². The number of carbonyl (C=O) groups is 2. The lowest BCUT2D eigenvalue weighted by atomic mass is 10.2. The summed E-state index contributed by atoms with van der Waals surface area (Å²) in [6.07, 6.45) is 0. The van der Waals surface area contributed by atoms with Gasteiger partial charge in [0.2, 0.25) is 0 Å². The fraction of sp³-hybridized carbons (Fsp3) is 0.222. The highest BCUT2D eigenvalue weighted by Gasteiger charge is 2.15. The molecule has 1 amide bonds. The van der Waals surface area contributed by atoms with Crippen LogP contribution < -0.4 is 10.5 Å². The van der Waals surface area contributed by atoms with Crippen molar-refractivity contribution in [3.05, 3.63) is 58.6 Å². The number of carbonyl (C=O) groups excluding carboxylic acids is 2. The van der Waals surface area contributed by atoms with Crippen molar-refractivity contribution in [3.8, 4) is 5.75 Å². The molecule has 2 aromatic rings. The fourth-order valence-electron chi connectivity index (χ4n) is 2.17. The summed E-state index contributed by atoms with van der Waals surface area (Å²) in [4.78, 5) is 25.6. The summed E-state index contributed by atoms with van der Waals surface area (Å²) in [6.45, 7) is -0.0265. The quantitative estimate of drug-likeness (QED) is 0.631. The molecule has 0 spiro atoms. The normalized spacial score (nSPS) is 10.2. The highest BCUT2D eigenvalue weighted by molar-refractivity contribution is 6.33. The van der Waals surface area contributed by atoms with Gasteiger partial charge in [-0.05, 0) is 24.3 Å². The molecular formula is C18H19ClN2O4. The monoisotopic (exact) mass is 362 g/mol. The number of nitrogens with two attached hydrogens (primary N) is 1. The summed E-state index contributed by atoms with van der Waals surface area (Å²) in [5.41, 5.74) is 7.02. The van der Waals surface area contributed by atoms with Gasteiger partial charge in [-0.2, -0.15) is 0 Å². The predicted molar refractivity (Wildman–Crippen MR) is 95.6 cm³/mol. The van der Waals surface area contributed by atoms with Gasteiger partial charge in [0.15, 0.2) is 6.61 Å². The molecule has 0 aromatic heterocycles. The highest BCUT2D eigenvalue weighted by atomic mass is 35.5. The van der Waals surface area contributed by atoms with E-state index in [1.807, 2.05) is 24.3 Å². The van der Waals surface area contributed by atoms with Crippen LogP contribution in [0.3, 0.4) is 0 Å². The van der Waals surface area contributed by atoms with Crippen LogP contribution in [0.4, 0.5) is 5.69 Å². The standard InChI is InChI=1S/C18H19ClN2O4/c1-21(10-13-5-3-4-6-16(13)24-2)17(22)11-25-18(23)12-7-8-14(19)15(20)9-12/h3-9H,10-11,20H2,1-2H3. The number of hydrogen-bond acceptors (Lipinski definition) is 5. The van der Waals surface area contributed by atoms with Crippen LogP contribution in [-0.2, 0) is 16.1 Å². The number of likely N-dealkylation sites (N-methyl/N-ethyl adjacent to an activating group) is 1. The number of nitrogen functional groups attached to an aromatic ring is 1. The minimum atomic E-state index is -0.637. The Balaban J connectivity index is 1.92. The van der Waals surface area contributed by atoms with Gasteiger partial charge < -0.3 is 20.1 Å². The molecule has 0 saturated carbocycles. The zero-order valence-corrected chi connectivity index (χ0v) is 14.7. The maximum Gasteiger partial charge on any atom is 0.338 e. The van der Waals surface area contributed by atoms with Crippen molar-refractivity contribution in [1.82, 2.24) is 4.90 Å². The molecule has 0 aliphatic heterocycles. The summed E-state index contributed by atoms with van der Waals surface area (Å²) in [6, 6.07) is 11.8. The Morgan fingerprint density at radius 3 is 2.60 bits per heavy atom. The van der Waals surface area contributed by atoms with Crippen LogP contribution in [0.15, 0.2) is 42.5 Å². The van der Waals surface area contributed by atoms with E-state index in [0.29, 0.717) is 17.3 Å². The Bertz CT molecular complexity index is 779. The number of anilines is 1. The van der Waals surface area contributed by atoms with Gasteiger partial charge in [0, 0.05) is 19.2 Å². The predicted octanol–water partition coefficient (Wildman–Crippen LogP) is 2.75. The largest absolute Gasteiger partial charge is 0.496 e. The van der Waals surface area contributed by atoms with E-state index in [2.05, 4.69) is 0 Å². The Kier molecular flexibility index (Phi) is 6.25. The third-order valence-corrected chi connectivity index (χ3v) is 3.93. The van der Waals surface area contributed by atoms with E-state index >= 15 is 0 Å². The number of ether oxygens (including phenoxy) is 2. The van der Waals surface area contributed by atoms with Crippen molar-refractivity contribution in [2.45, 2.75) is 6.54 Å². The number of methoxy groups -OCH3 is 1. The van der Waals surface area contributed by atoms with Crippen LogP contribution in [0.25, 0.3) is 0 Å². The molecule has 6 nitrogen and oxygen atoms in total. The lowest BCUT2D eigenvalue weighted by Gasteiger charge is -2.18. The number of rotatable bonds is 6. The fourth-order valence-corrected chi connectivity index (χ4v) is 2.29. The van der Waals surface area contributed by atoms with Crippen molar-refractivity contribution >= 4 is 29.2 Å². The second-order valence-electron chi connectivity index (χ2n) is 5.37. The first-order valence-corrected chi connectivity index (χ1v) is 7.88. The Labute approximate surface area is 151 Å². The van der Waals surface area contributed by atoms with Crippen LogP contribution in [0.1, 0.15) is 15.9 Å². The lowest BCUT2D eigenvalue weighted by Crippen LogP contribution is -2.31. The molecule has 2 aromatic carbocycles. The van der Waals surface area contributed by atoms with Gasteiger partial charge in [-0.25, -0.2) is 4.79 Å². The van der Waals surface area contributed by atoms with Gasteiger partial charge in [-0.3, -0.25) is 4.79 Å². The number of para-hydroxylation sites is 1. The Hall–Kier alpha value is -2.73. The maximum atomic E-state index is 12.2. The summed E-state index contributed by atoms with van der Waals surface area (Å²) in [5.74, 6) is -0.278. The van der Waals surface area contributed by atoms with Crippen molar-refractivity contribution in [2.75, 3.05) is 26.5 Å². The maximum absolute atomic E-state index is 12.2. The molecule has 0 radical (unpaired) electrons. The van der Waals surface area contributed by atoms with E-state index in [0.717, 1.165) is 5.56 Å². The number of hydrogen-bond donors (Lipinski definition) is 1. The average Bonchev–Trinajstić information content (AvgIpc) is 2.62. The molecule has 0 heterocycles. The van der Waals surface area contributed by atoms with Crippen molar-refractivity contribution in [1.29, 1.82) is 0 Å². The zero-order valence-electron chi connectivity index (χ0n) is 14.0. The first-order valence-electron chi connectivity index (χ1n) is 7.50. The number of benzene rings is 2. The van der Waals surface area contributed by atoms with Crippen LogP contribution in [0, 0.1) is 0 Å². The van der Waals surface area contributed by atoms with E-state index < -0.39 is 5.97 Å². The van der Waals surface area contributed by atoms with E-state index in [4.69, 9.17) is 26.8 Å². The lowest BCUT2D eigenvalue weighted by molar-refractivity contribution is -0.133. The molecule has 7 heteroatoms. The first kappa shape index (κ1) is 18.6. The molecule has 2 N–H and O–H groups in total. The number of halogens is 1. The average molecular weight is 363 g/mol. The summed E-state index contributed by atoms with van der Waals surface area (Å²) in [7, 11) is 3.20. The Morgan fingerprint density at radius 2 is 1.92 bits per heavy atom. The van der Waals surface area contributed by atoms with Gasteiger partial charge >= 0.3 is 5.97 Å². The molecule has 0 fully saturated rings. The minimum Gasteiger partial charge on any atom is -0.496 e. The molecule has 25 heavy (non-hydrogen) atoms. The number of esters is 1. The second-order valence-corrected chi connectivity index (χ2v) is 5.78. The van der Waals surface area contributed by atoms with Crippen molar-refractivity contribution < 1.29 is 19.1 Å². The zero-order chi connectivity index (χ0) is 18.4. The van der Waals surface area contributed by atoms with Gasteiger partial charge in [0.05, 0.1) is 23.4 Å². The molecule has 0 aliphatic carbocycles. The molecule has 0 saturated heterocycles. The van der Waals surface area contributed by atoms with Crippen LogP contribution in [-0.4, -0.2) is 37.5 Å². The van der Waals surface area contributed by atoms with Crippen LogP contribution in [0.5, 0.6) is 5.75 Å². The summed E-state index contributed by atoms with van der Waals surface area (Å²) >= 11 is 5.81. The molecular weight excluding hydrogens is 344 g/mol. The van der Waals surface area contributed by atoms with E-state index in [9.17, 15) is 9.59 Å². The van der Waals surface area contributed by atoms with E-state index in [1.165, 1.54) is 23.1 Å². The third-order valence-electron chi connectivity index (χ3n) is 3.58. The SMILES string of the molecule is COc1ccccc1CN(C)C(=O)COC(=O)c1ccc(Cl)c(N)c1. The molecule has 132 valence electrons. The van der Waals surface area contributed by atoms with Gasteiger partial charge in [-0.1, -0.05) is 29.8 Å². The molecule has 2 rings (SSSR count). The highest BCUT2D eigenvalue weighted by Crippen LogP contribution is 2.20. The number of amides is 1.